The highest BCUT2D eigenvalue weighted by molar-refractivity contribution is 6.01. The third kappa shape index (κ3) is 3.14. The molecule has 0 radical (unpaired) electrons. The zero-order chi connectivity index (χ0) is 18.0. The maximum Gasteiger partial charge on any atom is 0.258 e. The number of ether oxygens (including phenoxy) is 2. The van der Waals surface area contributed by atoms with Crippen LogP contribution in [0.15, 0.2) is 42.5 Å². The molecule has 25 heavy (non-hydrogen) atoms. The van der Waals surface area contributed by atoms with E-state index in [0.29, 0.717) is 17.1 Å². The van der Waals surface area contributed by atoms with E-state index >= 15 is 0 Å². The molecule has 0 unspecified atom stereocenters. The topological polar surface area (TPSA) is 50.8 Å². The number of rotatable bonds is 5. The van der Waals surface area contributed by atoms with Crippen LogP contribution in [0, 0.1) is 0 Å². The molecule has 5 heteroatoms. The van der Waals surface area contributed by atoms with Crippen molar-refractivity contribution in [2.45, 2.75) is 32.5 Å². The predicted octanol–water partition coefficient (Wildman–Crippen LogP) is 4.07. The third-order valence-electron chi connectivity index (χ3n) is 4.72. The number of nitrogens with zero attached hydrogens (tertiary/aromatic N) is 1. The van der Waals surface area contributed by atoms with Gasteiger partial charge in [-0.1, -0.05) is 19.1 Å². The third-order valence-corrected chi connectivity index (χ3v) is 4.72. The molecule has 0 saturated carbocycles. The molecule has 0 saturated heterocycles. The molecule has 2 atom stereocenters. The lowest BCUT2D eigenvalue weighted by Gasteiger charge is -2.41. The van der Waals surface area contributed by atoms with Crippen molar-refractivity contribution in [3.05, 3.63) is 53.6 Å². The summed E-state index contributed by atoms with van der Waals surface area (Å²) < 4.78 is 10.8. The van der Waals surface area contributed by atoms with Crippen LogP contribution in [0.1, 0.15) is 42.4 Å². The van der Waals surface area contributed by atoms with Crippen LogP contribution < -0.4 is 14.8 Å². The lowest BCUT2D eigenvalue weighted by Crippen LogP contribution is -2.47. The molecule has 2 aromatic carbocycles. The standard InChI is InChI=1S/C20H24N2O3/c1-5-13(2)22-19(14-10-15(24-3)12-16(11-14)25-4)21-18-9-7-6-8-17(18)20(22)23/h6-13,19,21H,5H2,1-4H3/t13-,19+/m1/s1. The van der Waals surface area contributed by atoms with E-state index in [1.165, 1.54) is 0 Å². The molecule has 5 nitrogen and oxygen atoms in total. The van der Waals surface area contributed by atoms with Crippen molar-refractivity contribution in [3.63, 3.8) is 0 Å². The first kappa shape index (κ1) is 17.1. The minimum Gasteiger partial charge on any atom is -0.497 e. The maximum absolute atomic E-state index is 13.1. The van der Waals surface area contributed by atoms with E-state index in [1.54, 1.807) is 14.2 Å². The zero-order valence-corrected chi connectivity index (χ0v) is 15.1. The average molecular weight is 340 g/mol. The first-order valence-electron chi connectivity index (χ1n) is 8.50. The van der Waals surface area contributed by atoms with E-state index in [0.717, 1.165) is 17.7 Å². The minimum atomic E-state index is -0.277. The number of nitrogens with one attached hydrogen (secondary N) is 1. The van der Waals surface area contributed by atoms with E-state index in [9.17, 15) is 4.79 Å². The van der Waals surface area contributed by atoms with Crippen molar-refractivity contribution < 1.29 is 14.3 Å². The van der Waals surface area contributed by atoms with Gasteiger partial charge in [-0.15, -0.1) is 0 Å². The quantitative estimate of drug-likeness (QED) is 0.891. The Balaban J connectivity index is 2.11. The molecule has 1 heterocycles. The van der Waals surface area contributed by atoms with E-state index in [-0.39, 0.29) is 18.1 Å². The molecular formula is C20H24N2O3. The Kier molecular flexibility index (Phi) is 4.83. The van der Waals surface area contributed by atoms with Crippen LogP contribution in [0.5, 0.6) is 11.5 Å². The SMILES string of the molecule is CC[C@@H](C)N1C(=O)c2ccccc2N[C@@H]1c1cc(OC)cc(OC)c1. The maximum atomic E-state index is 13.1. The molecule has 1 aliphatic rings. The zero-order valence-electron chi connectivity index (χ0n) is 15.1. The fourth-order valence-electron chi connectivity index (χ4n) is 3.15. The van der Waals surface area contributed by atoms with Gasteiger partial charge < -0.3 is 19.7 Å². The molecule has 0 bridgehead atoms. The Hall–Kier alpha value is -2.69. The van der Waals surface area contributed by atoms with E-state index in [1.807, 2.05) is 47.4 Å². The summed E-state index contributed by atoms with van der Waals surface area (Å²) in [4.78, 5) is 15.0. The molecular weight excluding hydrogens is 316 g/mol. The van der Waals surface area contributed by atoms with Gasteiger partial charge >= 0.3 is 0 Å². The van der Waals surface area contributed by atoms with Gasteiger partial charge in [0.1, 0.15) is 17.7 Å². The number of methoxy groups -OCH3 is 2. The second kappa shape index (κ2) is 7.05. The van der Waals surface area contributed by atoms with Gasteiger partial charge in [0.25, 0.3) is 5.91 Å². The molecule has 2 aromatic rings. The minimum absolute atomic E-state index is 0.0375. The molecule has 0 aliphatic carbocycles. The molecule has 0 aromatic heterocycles. The fraction of sp³-hybridized carbons (Fsp3) is 0.350. The average Bonchev–Trinajstić information content (AvgIpc) is 2.66. The van der Waals surface area contributed by atoms with Gasteiger partial charge in [-0.05, 0) is 37.6 Å². The van der Waals surface area contributed by atoms with Crippen LogP contribution in [-0.4, -0.2) is 31.1 Å². The van der Waals surface area contributed by atoms with Gasteiger partial charge in [0, 0.05) is 23.4 Å². The summed E-state index contributed by atoms with van der Waals surface area (Å²) in [5.41, 5.74) is 2.48. The summed E-state index contributed by atoms with van der Waals surface area (Å²) in [5.74, 6) is 1.44. The second-order valence-electron chi connectivity index (χ2n) is 6.21. The summed E-state index contributed by atoms with van der Waals surface area (Å²) in [5, 5.41) is 3.51. The van der Waals surface area contributed by atoms with Gasteiger partial charge in [-0.3, -0.25) is 4.79 Å². The van der Waals surface area contributed by atoms with Crippen molar-refractivity contribution >= 4 is 11.6 Å². The van der Waals surface area contributed by atoms with Gasteiger partial charge in [-0.25, -0.2) is 0 Å². The number of benzene rings is 2. The number of hydrogen-bond donors (Lipinski definition) is 1. The van der Waals surface area contributed by atoms with Crippen molar-refractivity contribution in [2.24, 2.45) is 0 Å². The fourth-order valence-corrected chi connectivity index (χ4v) is 3.15. The molecule has 1 amide bonds. The van der Waals surface area contributed by atoms with Crippen LogP contribution in [0.3, 0.4) is 0 Å². The Labute approximate surface area is 148 Å². The van der Waals surface area contributed by atoms with Crippen molar-refractivity contribution in [1.82, 2.24) is 4.90 Å². The van der Waals surface area contributed by atoms with Crippen molar-refractivity contribution in [2.75, 3.05) is 19.5 Å². The summed E-state index contributed by atoms with van der Waals surface area (Å²) in [6.45, 7) is 4.15. The van der Waals surface area contributed by atoms with Gasteiger partial charge in [0.2, 0.25) is 0 Å². The molecule has 1 aliphatic heterocycles. The largest absolute Gasteiger partial charge is 0.497 e. The van der Waals surface area contributed by atoms with Crippen molar-refractivity contribution in [3.8, 4) is 11.5 Å². The molecule has 132 valence electrons. The molecule has 3 rings (SSSR count). The highest BCUT2D eigenvalue weighted by Gasteiger charge is 2.35. The van der Waals surface area contributed by atoms with E-state index < -0.39 is 0 Å². The van der Waals surface area contributed by atoms with Gasteiger partial charge in [-0.2, -0.15) is 0 Å². The molecule has 0 fully saturated rings. The molecule has 1 N–H and O–H groups in total. The van der Waals surface area contributed by atoms with E-state index in [4.69, 9.17) is 9.47 Å². The second-order valence-corrected chi connectivity index (χ2v) is 6.21. The number of fused-ring (bicyclic) bond motifs is 1. The lowest BCUT2D eigenvalue weighted by molar-refractivity contribution is 0.0593. The normalized spacial score (nSPS) is 17.5. The number of amides is 1. The van der Waals surface area contributed by atoms with Crippen LogP contribution in [0.4, 0.5) is 5.69 Å². The number of para-hydroxylation sites is 1. The Morgan fingerprint density at radius 2 is 1.76 bits per heavy atom. The lowest BCUT2D eigenvalue weighted by atomic mass is 10.0. The van der Waals surface area contributed by atoms with Crippen LogP contribution in [-0.2, 0) is 0 Å². The van der Waals surface area contributed by atoms with Crippen molar-refractivity contribution in [1.29, 1.82) is 0 Å². The number of carbonyl (C=O) groups is 1. The first-order valence-corrected chi connectivity index (χ1v) is 8.50. The smallest absolute Gasteiger partial charge is 0.258 e. The first-order chi connectivity index (χ1) is 12.1. The van der Waals surface area contributed by atoms with Gasteiger partial charge in [0.15, 0.2) is 0 Å². The number of carbonyl (C=O) groups excluding carboxylic acids is 1. The molecule has 0 spiro atoms. The summed E-state index contributed by atoms with van der Waals surface area (Å²) in [6.07, 6.45) is 0.592. The monoisotopic (exact) mass is 340 g/mol. The Morgan fingerprint density at radius 1 is 1.12 bits per heavy atom. The summed E-state index contributed by atoms with van der Waals surface area (Å²) in [7, 11) is 3.25. The number of anilines is 1. The van der Waals surface area contributed by atoms with Gasteiger partial charge in [0.05, 0.1) is 19.8 Å². The predicted molar refractivity (Wildman–Crippen MR) is 98.3 cm³/mol. The Morgan fingerprint density at radius 3 is 2.36 bits per heavy atom. The summed E-state index contributed by atoms with van der Waals surface area (Å²) in [6, 6.07) is 13.4. The highest BCUT2D eigenvalue weighted by Crippen LogP contribution is 2.37. The van der Waals surface area contributed by atoms with Crippen LogP contribution in [0.25, 0.3) is 0 Å². The van der Waals surface area contributed by atoms with E-state index in [2.05, 4.69) is 19.2 Å². The Bertz CT molecular complexity index is 753. The summed E-state index contributed by atoms with van der Waals surface area (Å²) >= 11 is 0. The number of hydrogen-bond acceptors (Lipinski definition) is 4. The highest BCUT2D eigenvalue weighted by atomic mass is 16.5. The van der Waals surface area contributed by atoms with Crippen LogP contribution >= 0.6 is 0 Å². The van der Waals surface area contributed by atoms with Crippen LogP contribution in [0.2, 0.25) is 0 Å².